The Kier molecular flexibility index (Phi) is 7.03. The lowest BCUT2D eigenvalue weighted by Gasteiger charge is -2.22. The number of hydrogen-bond donors (Lipinski definition) is 2. The number of benzene rings is 1. The first-order chi connectivity index (χ1) is 9.45. The van der Waals surface area contributed by atoms with Crippen LogP contribution in [0.1, 0.15) is 45.1 Å². The second kappa shape index (κ2) is 8.28. The molecule has 0 aliphatic carbocycles. The maximum Gasteiger partial charge on any atom is 0.227 e. The van der Waals surface area contributed by atoms with Crippen LogP contribution in [-0.4, -0.2) is 23.7 Å². The zero-order chi connectivity index (χ0) is 15.1. The van der Waals surface area contributed by atoms with Gasteiger partial charge in [0.15, 0.2) is 0 Å². The predicted octanol–water partition coefficient (Wildman–Crippen LogP) is 3.36. The van der Waals surface area contributed by atoms with E-state index in [0.717, 1.165) is 12.0 Å². The highest BCUT2D eigenvalue weighted by atomic mass is 35.5. The fourth-order valence-electron chi connectivity index (χ4n) is 2.27. The third-order valence-corrected chi connectivity index (χ3v) is 3.56. The summed E-state index contributed by atoms with van der Waals surface area (Å²) >= 11 is 5.88. The van der Waals surface area contributed by atoms with Crippen LogP contribution in [0.4, 0.5) is 0 Å². The van der Waals surface area contributed by atoms with Gasteiger partial charge in [0.25, 0.3) is 0 Å². The molecule has 0 aliphatic heterocycles. The highest BCUT2D eigenvalue weighted by molar-refractivity contribution is 6.30. The molecule has 0 saturated heterocycles. The smallest absolute Gasteiger partial charge is 0.227 e. The molecule has 0 heterocycles. The topological polar surface area (TPSA) is 49.3 Å². The monoisotopic (exact) mass is 297 g/mol. The maximum absolute atomic E-state index is 12.3. The summed E-state index contributed by atoms with van der Waals surface area (Å²) in [4.78, 5) is 12.3. The van der Waals surface area contributed by atoms with Gasteiger partial charge < -0.3 is 10.4 Å². The summed E-state index contributed by atoms with van der Waals surface area (Å²) in [5, 5.41) is 13.2. The third-order valence-electron chi connectivity index (χ3n) is 3.31. The van der Waals surface area contributed by atoms with Crippen LogP contribution >= 0.6 is 11.6 Å². The van der Waals surface area contributed by atoms with E-state index >= 15 is 0 Å². The zero-order valence-corrected chi connectivity index (χ0v) is 13.2. The standard InChI is InChI=1S/C16H24ClNO2/c1-4-5-14(19)10-18-16(20)15(11(2)3)12-6-8-13(17)9-7-12/h6-9,11,14-15,19H,4-5,10H2,1-3H3,(H,18,20). The normalized spacial score (nSPS) is 14.1. The van der Waals surface area contributed by atoms with Crippen molar-refractivity contribution in [3.8, 4) is 0 Å². The van der Waals surface area contributed by atoms with E-state index in [1.165, 1.54) is 0 Å². The van der Waals surface area contributed by atoms with Crippen LogP contribution in [0.3, 0.4) is 0 Å². The van der Waals surface area contributed by atoms with Crippen molar-refractivity contribution >= 4 is 17.5 Å². The van der Waals surface area contributed by atoms with Crippen molar-refractivity contribution in [3.05, 3.63) is 34.9 Å². The highest BCUT2D eigenvalue weighted by Gasteiger charge is 2.24. The number of rotatable bonds is 7. The van der Waals surface area contributed by atoms with E-state index in [0.29, 0.717) is 18.0 Å². The molecule has 2 unspecified atom stereocenters. The van der Waals surface area contributed by atoms with E-state index in [4.69, 9.17) is 11.6 Å². The molecule has 0 radical (unpaired) electrons. The van der Waals surface area contributed by atoms with Crippen molar-refractivity contribution in [1.29, 1.82) is 0 Å². The van der Waals surface area contributed by atoms with Crippen LogP contribution in [0.2, 0.25) is 5.02 Å². The molecule has 2 atom stereocenters. The molecule has 1 aromatic carbocycles. The van der Waals surface area contributed by atoms with Gasteiger partial charge in [-0.1, -0.05) is 50.9 Å². The molecule has 1 amide bonds. The van der Waals surface area contributed by atoms with Gasteiger partial charge in [-0.15, -0.1) is 0 Å². The van der Waals surface area contributed by atoms with Gasteiger partial charge in [-0.2, -0.15) is 0 Å². The number of aliphatic hydroxyl groups excluding tert-OH is 1. The first kappa shape index (κ1) is 17.0. The van der Waals surface area contributed by atoms with Gasteiger partial charge in [0.2, 0.25) is 5.91 Å². The van der Waals surface area contributed by atoms with Crippen LogP contribution in [0.5, 0.6) is 0 Å². The second-order valence-corrected chi connectivity index (χ2v) is 5.90. The Morgan fingerprint density at radius 1 is 1.30 bits per heavy atom. The molecule has 0 spiro atoms. The number of carbonyl (C=O) groups is 1. The molecule has 4 heteroatoms. The minimum atomic E-state index is -0.470. The van der Waals surface area contributed by atoms with Crippen molar-refractivity contribution < 1.29 is 9.90 Å². The number of hydrogen-bond acceptors (Lipinski definition) is 2. The molecule has 0 saturated carbocycles. The molecule has 0 bridgehead atoms. The first-order valence-corrected chi connectivity index (χ1v) is 7.54. The minimum absolute atomic E-state index is 0.0440. The molecule has 0 aliphatic rings. The minimum Gasteiger partial charge on any atom is -0.391 e. The van der Waals surface area contributed by atoms with Crippen molar-refractivity contribution in [3.63, 3.8) is 0 Å². The third kappa shape index (κ3) is 5.14. The Hall–Kier alpha value is -1.06. The van der Waals surface area contributed by atoms with Gasteiger partial charge in [-0.25, -0.2) is 0 Å². The fraction of sp³-hybridized carbons (Fsp3) is 0.562. The lowest BCUT2D eigenvalue weighted by atomic mass is 9.87. The number of halogens is 1. The number of nitrogens with one attached hydrogen (secondary N) is 1. The van der Waals surface area contributed by atoms with E-state index in [2.05, 4.69) is 5.32 Å². The van der Waals surface area contributed by atoms with Gasteiger partial charge in [0, 0.05) is 11.6 Å². The lowest BCUT2D eigenvalue weighted by Crippen LogP contribution is -2.37. The summed E-state index contributed by atoms with van der Waals surface area (Å²) in [6.07, 6.45) is 1.14. The zero-order valence-electron chi connectivity index (χ0n) is 12.4. The fourth-order valence-corrected chi connectivity index (χ4v) is 2.40. The maximum atomic E-state index is 12.3. The Morgan fingerprint density at radius 2 is 1.90 bits per heavy atom. The average Bonchev–Trinajstić information content (AvgIpc) is 2.39. The van der Waals surface area contributed by atoms with Gasteiger partial charge in [-0.05, 0) is 30.0 Å². The summed E-state index contributed by atoms with van der Waals surface area (Å²) in [6.45, 7) is 6.35. The van der Waals surface area contributed by atoms with Crippen LogP contribution in [-0.2, 0) is 4.79 Å². The molecule has 1 aromatic rings. The van der Waals surface area contributed by atoms with E-state index in [9.17, 15) is 9.90 Å². The van der Waals surface area contributed by atoms with Crippen molar-refractivity contribution in [2.75, 3.05) is 6.54 Å². The van der Waals surface area contributed by atoms with E-state index in [1.807, 2.05) is 32.9 Å². The molecule has 112 valence electrons. The molecule has 2 N–H and O–H groups in total. The van der Waals surface area contributed by atoms with E-state index in [-0.39, 0.29) is 17.7 Å². The summed E-state index contributed by atoms with van der Waals surface area (Å²) in [7, 11) is 0. The summed E-state index contributed by atoms with van der Waals surface area (Å²) < 4.78 is 0. The van der Waals surface area contributed by atoms with E-state index < -0.39 is 6.10 Å². The average molecular weight is 298 g/mol. The van der Waals surface area contributed by atoms with Crippen LogP contribution < -0.4 is 5.32 Å². The Morgan fingerprint density at radius 3 is 2.40 bits per heavy atom. The van der Waals surface area contributed by atoms with Gasteiger partial charge >= 0.3 is 0 Å². The summed E-state index contributed by atoms with van der Waals surface area (Å²) in [5.41, 5.74) is 0.951. The molecule has 0 aromatic heterocycles. The van der Waals surface area contributed by atoms with E-state index in [1.54, 1.807) is 12.1 Å². The number of amides is 1. The van der Waals surface area contributed by atoms with Crippen molar-refractivity contribution in [2.45, 2.75) is 45.6 Å². The summed E-state index contributed by atoms with van der Waals surface area (Å²) in [5.74, 6) is -0.0851. The molecule has 3 nitrogen and oxygen atoms in total. The molecule has 1 rings (SSSR count). The first-order valence-electron chi connectivity index (χ1n) is 7.17. The Bertz CT molecular complexity index is 417. The quantitative estimate of drug-likeness (QED) is 0.811. The molecule has 20 heavy (non-hydrogen) atoms. The van der Waals surface area contributed by atoms with Crippen molar-refractivity contribution in [1.82, 2.24) is 5.32 Å². The lowest BCUT2D eigenvalue weighted by molar-refractivity contribution is -0.124. The summed E-state index contributed by atoms with van der Waals surface area (Å²) in [6, 6.07) is 7.36. The second-order valence-electron chi connectivity index (χ2n) is 5.46. The molecular formula is C16H24ClNO2. The molecular weight excluding hydrogens is 274 g/mol. The van der Waals surface area contributed by atoms with Crippen LogP contribution in [0.15, 0.2) is 24.3 Å². The SMILES string of the molecule is CCCC(O)CNC(=O)C(c1ccc(Cl)cc1)C(C)C. The predicted molar refractivity (Wildman–Crippen MR) is 83.0 cm³/mol. The van der Waals surface area contributed by atoms with Gasteiger partial charge in [-0.3, -0.25) is 4.79 Å². The Balaban J connectivity index is 2.71. The van der Waals surface area contributed by atoms with Gasteiger partial charge in [0.1, 0.15) is 0 Å². The van der Waals surface area contributed by atoms with Crippen molar-refractivity contribution in [2.24, 2.45) is 5.92 Å². The van der Waals surface area contributed by atoms with Crippen LogP contribution in [0, 0.1) is 5.92 Å². The highest BCUT2D eigenvalue weighted by Crippen LogP contribution is 2.25. The molecule has 0 fully saturated rings. The number of carbonyl (C=O) groups excluding carboxylic acids is 1. The van der Waals surface area contributed by atoms with Gasteiger partial charge in [0.05, 0.1) is 12.0 Å². The Labute approximate surface area is 126 Å². The largest absolute Gasteiger partial charge is 0.391 e. The van der Waals surface area contributed by atoms with Crippen LogP contribution in [0.25, 0.3) is 0 Å². The number of aliphatic hydroxyl groups is 1.